The Bertz CT molecular complexity index is 427. The van der Waals surface area contributed by atoms with Crippen molar-refractivity contribution in [3.05, 3.63) is 0 Å². The standard InChI is InChI=1S/C22H35.Bi/c1-3-7-18(8-4-1)21-19-12-16-11-17(13-19)15-22(21,14-16)20-9-5-2-6-10-20;/h16-20H,1-15H2;. The van der Waals surface area contributed by atoms with Crippen molar-refractivity contribution in [2.24, 2.45) is 35.0 Å². The predicted molar refractivity (Wildman–Crippen MR) is 97.6 cm³/mol. The quantitative estimate of drug-likeness (QED) is 0.384. The molecule has 0 amide bonds. The van der Waals surface area contributed by atoms with Gasteiger partial charge in [0.15, 0.2) is 0 Å². The molecular weight excluding hydrogens is 473 g/mol. The second-order valence-electron chi connectivity index (χ2n) is 10.2. The van der Waals surface area contributed by atoms with E-state index in [0.29, 0.717) is 0 Å². The van der Waals surface area contributed by atoms with Gasteiger partial charge in [-0.25, -0.2) is 0 Å². The predicted octanol–water partition coefficient (Wildman–Crippen LogP) is 6.30. The van der Waals surface area contributed by atoms with Gasteiger partial charge in [0, 0.05) is 0 Å². The minimum atomic E-state index is 0.831. The zero-order chi connectivity index (χ0) is 15.5. The summed E-state index contributed by atoms with van der Waals surface area (Å²) in [7, 11) is 0. The van der Waals surface area contributed by atoms with Crippen LogP contribution in [-0.4, -0.2) is 24.7 Å². The van der Waals surface area contributed by atoms with Gasteiger partial charge in [-0.2, -0.15) is 0 Å². The molecule has 0 saturated heterocycles. The molecule has 128 valence electrons. The van der Waals surface area contributed by atoms with Crippen LogP contribution in [-0.2, 0) is 0 Å². The molecule has 6 aliphatic carbocycles. The Labute approximate surface area is 158 Å². The third-order valence-corrected chi connectivity index (χ3v) is 13.8. The molecule has 6 saturated carbocycles. The molecule has 0 aromatic heterocycles. The van der Waals surface area contributed by atoms with Crippen molar-refractivity contribution in [2.75, 3.05) is 0 Å². The van der Waals surface area contributed by atoms with E-state index in [4.69, 9.17) is 0 Å². The Hall–Kier alpha value is 0.883. The number of rotatable bonds is 2. The Kier molecular flexibility index (Phi) is 4.17. The molecule has 0 spiro atoms. The topological polar surface area (TPSA) is 0 Å². The molecule has 23 heavy (non-hydrogen) atoms. The summed E-state index contributed by atoms with van der Waals surface area (Å²) in [5, 5.41) is 0. The van der Waals surface area contributed by atoms with E-state index in [1.165, 1.54) is 12.8 Å². The van der Waals surface area contributed by atoms with Crippen molar-refractivity contribution >= 4 is 24.7 Å². The first-order valence-electron chi connectivity index (χ1n) is 10.9. The summed E-state index contributed by atoms with van der Waals surface area (Å²) in [6.07, 6.45) is 24.0. The first-order valence-corrected chi connectivity index (χ1v) is 12.7. The molecule has 1 heteroatoms. The van der Waals surface area contributed by atoms with Crippen molar-refractivity contribution in [2.45, 2.75) is 99.4 Å². The van der Waals surface area contributed by atoms with Gasteiger partial charge < -0.3 is 0 Å². The SMILES string of the molecule is [Bi][C]1(C2CCCCC2)C2CC3CC(C2)CC1(C1CCCCC1)C3. The molecule has 0 heterocycles. The summed E-state index contributed by atoms with van der Waals surface area (Å²) in [5.74, 6) is 5.73. The van der Waals surface area contributed by atoms with Crippen LogP contribution in [0.5, 0.6) is 0 Å². The van der Waals surface area contributed by atoms with Gasteiger partial charge in [0.1, 0.15) is 0 Å². The van der Waals surface area contributed by atoms with Crippen molar-refractivity contribution in [3.8, 4) is 0 Å². The fourth-order valence-corrected chi connectivity index (χ4v) is 11.9. The Morgan fingerprint density at radius 3 is 1.65 bits per heavy atom. The van der Waals surface area contributed by atoms with E-state index in [2.05, 4.69) is 0 Å². The van der Waals surface area contributed by atoms with Crippen LogP contribution < -0.4 is 0 Å². The van der Waals surface area contributed by atoms with Crippen LogP contribution in [0.2, 0.25) is 3.12 Å². The van der Waals surface area contributed by atoms with Gasteiger partial charge >= 0.3 is 159 Å². The van der Waals surface area contributed by atoms with Crippen LogP contribution in [0.4, 0.5) is 0 Å². The minimum absolute atomic E-state index is 0.831. The molecule has 2 radical (unpaired) electrons. The van der Waals surface area contributed by atoms with Gasteiger partial charge in [-0.3, -0.25) is 0 Å². The van der Waals surface area contributed by atoms with Gasteiger partial charge in [0.25, 0.3) is 0 Å². The molecule has 3 atom stereocenters. The molecule has 4 bridgehead atoms. The molecule has 3 unspecified atom stereocenters. The van der Waals surface area contributed by atoms with E-state index in [-0.39, 0.29) is 0 Å². The third-order valence-electron chi connectivity index (χ3n) is 9.24. The average molecular weight is 509 g/mol. The zero-order valence-electron chi connectivity index (χ0n) is 14.9. The summed E-state index contributed by atoms with van der Waals surface area (Å²) in [6.45, 7) is 0. The van der Waals surface area contributed by atoms with Crippen LogP contribution in [0.25, 0.3) is 0 Å². The molecule has 0 aromatic rings. The van der Waals surface area contributed by atoms with Gasteiger partial charge in [0.2, 0.25) is 0 Å². The van der Waals surface area contributed by atoms with Crippen molar-refractivity contribution in [1.29, 1.82) is 0 Å². The fraction of sp³-hybridized carbons (Fsp3) is 1.00. The summed E-state index contributed by atoms with van der Waals surface area (Å²) in [4.78, 5) is 0. The second-order valence-corrected chi connectivity index (χ2v) is 13.1. The molecule has 0 aromatic carbocycles. The first-order chi connectivity index (χ1) is 11.2. The summed E-state index contributed by atoms with van der Waals surface area (Å²) in [5.41, 5.74) is 0.831. The molecule has 6 rings (SSSR count). The van der Waals surface area contributed by atoms with E-state index in [1.807, 2.05) is 0 Å². The van der Waals surface area contributed by atoms with E-state index in [9.17, 15) is 0 Å². The van der Waals surface area contributed by atoms with Crippen molar-refractivity contribution in [3.63, 3.8) is 0 Å². The van der Waals surface area contributed by atoms with Crippen LogP contribution in [0.1, 0.15) is 96.3 Å². The zero-order valence-corrected chi connectivity index (χ0v) is 18.4. The molecule has 6 fully saturated rings. The Morgan fingerprint density at radius 1 is 0.565 bits per heavy atom. The average Bonchev–Trinajstić information content (AvgIpc) is 2.60. The van der Waals surface area contributed by atoms with Crippen LogP contribution >= 0.6 is 0 Å². The summed E-state index contributed by atoms with van der Waals surface area (Å²) >= 11 is 1.78. The van der Waals surface area contributed by atoms with E-state index < -0.39 is 0 Å². The van der Waals surface area contributed by atoms with Gasteiger partial charge in [-0.1, -0.05) is 0 Å². The fourth-order valence-electron chi connectivity index (χ4n) is 8.70. The maximum atomic E-state index is 1.78. The molecule has 0 aliphatic heterocycles. The normalized spacial score (nSPS) is 51.3. The Morgan fingerprint density at radius 2 is 1.09 bits per heavy atom. The number of hydrogen-bond acceptors (Lipinski definition) is 0. The van der Waals surface area contributed by atoms with Crippen LogP contribution in [0, 0.1) is 35.0 Å². The van der Waals surface area contributed by atoms with Crippen molar-refractivity contribution < 1.29 is 0 Å². The summed E-state index contributed by atoms with van der Waals surface area (Å²) < 4.78 is 0.836. The first kappa shape index (κ1) is 16.1. The van der Waals surface area contributed by atoms with Crippen LogP contribution in [0.3, 0.4) is 0 Å². The van der Waals surface area contributed by atoms with E-state index >= 15 is 0 Å². The van der Waals surface area contributed by atoms with Gasteiger partial charge in [-0.15, -0.1) is 0 Å². The van der Waals surface area contributed by atoms with Gasteiger partial charge in [-0.05, 0) is 0 Å². The maximum absolute atomic E-state index is 1.78. The molecule has 6 aliphatic rings. The molecule has 0 nitrogen and oxygen atoms in total. The van der Waals surface area contributed by atoms with Gasteiger partial charge in [0.05, 0.1) is 0 Å². The third kappa shape index (κ3) is 2.30. The Balaban J connectivity index is 1.55. The van der Waals surface area contributed by atoms with E-state index in [0.717, 1.165) is 38.1 Å². The molecular formula is C22H35Bi. The van der Waals surface area contributed by atoms with Crippen LogP contribution in [0.15, 0.2) is 0 Å². The monoisotopic (exact) mass is 508 g/mol. The van der Waals surface area contributed by atoms with E-state index in [1.54, 1.807) is 108 Å². The number of hydrogen-bond donors (Lipinski definition) is 0. The summed E-state index contributed by atoms with van der Waals surface area (Å²) in [6, 6.07) is 0. The van der Waals surface area contributed by atoms with Crippen molar-refractivity contribution in [1.82, 2.24) is 0 Å². The second kappa shape index (κ2) is 5.96. The molecule has 0 N–H and O–H groups in total.